The zero-order chi connectivity index (χ0) is 15.0. The van der Waals surface area contributed by atoms with Crippen LogP contribution in [-0.2, 0) is 16.1 Å². The molecule has 0 saturated heterocycles. The largest absolute Gasteiger partial charge is 0.491 e. The molecule has 1 amide bonds. The molecule has 1 rings (SSSR count). The summed E-state index contributed by atoms with van der Waals surface area (Å²) in [4.78, 5) is 11.8. The maximum atomic E-state index is 11.8. The van der Waals surface area contributed by atoms with Crippen LogP contribution >= 0.6 is 0 Å². The van der Waals surface area contributed by atoms with Gasteiger partial charge in [-0.2, -0.15) is 0 Å². The first-order chi connectivity index (χ1) is 9.54. The smallest absolute Gasteiger partial charge is 0.224 e. The number of rotatable bonds is 8. The van der Waals surface area contributed by atoms with E-state index in [1.165, 1.54) is 0 Å². The first-order valence-corrected chi connectivity index (χ1v) is 6.78. The normalized spacial score (nSPS) is 13.6. The van der Waals surface area contributed by atoms with Crippen LogP contribution in [0.5, 0.6) is 5.75 Å². The molecular formula is C15H24N2O3. The molecule has 20 heavy (non-hydrogen) atoms. The second kappa shape index (κ2) is 8.55. The number of amides is 1. The van der Waals surface area contributed by atoms with Crippen molar-refractivity contribution in [3.63, 3.8) is 0 Å². The fourth-order valence-electron chi connectivity index (χ4n) is 1.54. The minimum Gasteiger partial charge on any atom is -0.491 e. The zero-order valence-electron chi connectivity index (χ0n) is 12.4. The lowest BCUT2D eigenvalue weighted by Crippen LogP contribution is -2.38. The summed E-state index contributed by atoms with van der Waals surface area (Å²) in [6.07, 6.45) is 0. The average Bonchev–Trinajstić information content (AvgIpc) is 2.45. The maximum absolute atomic E-state index is 11.8. The van der Waals surface area contributed by atoms with E-state index in [1.807, 2.05) is 38.1 Å². The van der Waals surface area contributed by atoms with E-state index in [1.54, 1.807) is 7.11 Å². The van der Waals surface area contributed by atoms with Crippen LogP contribution in [-0.4, -0.2) is 32.3 Å². The lowest BCUT2D eigenvalue weighted by atomic mass is 10.0. The molecule has 0 radical (unpaired) electrons. The summed E-state index contributed by atoms with van der Waals surface area (Å²) < 4.78 is 10.4. The number of ether oxygens (including phenoxy) is 2. The van der Waals surface area contributed by atoms with E-state index >= 15 is 0 Å². The van der Waals surface area contributed by atoms with Crippen molar-refractivity contribution in [2.45, 2.75) is 26.4 Å². The second-order valence-corrected chi connectivity index (χ2v) is 4.85. The van der Waals surface area contributed by atoms with Gasteiger partial charge < -0.3 is 20.5 Å². The van der Waals surface area contributed by atoms with Gasteiger partial charge in [-0.15, -0.1) is 0 Å². The van der Waals surface area contributed by atoms with Gasteiger partial charge in [0.2, 0.25) is 5.91 Å². The van der Waals surface area contributed by atoms with Gasteiger partial charge in [-0.25, -0.2) is 0 Å². The van der Waals surface area contributed by atoms with Crippen LogP contribution in [0.4, 0.5) is 0 Å². The van der Waals surface area contributed by atoms with Gasteiger partial charge in [0.15, 0.2) is 0 Å². The van der Waals surface area contributed by atoms with Gasteiger partial charge in [-0.1, -0.05) is 19.1 Å². The summed E-state index contributed by atoms with van der Waals surface area (Å²) in [5, 5.41) is 2.87. The molecular weight excluding hydrogens is 256 g/mol. The number of nitrogens with two attached hydrogens (primary N) is 1. The first kappa shape index (κ1) is 16.5. The van der Waals surface area contributed by atoms with Gasteiger partial charge in [0, 0.05) is 25.6 Å². The third-order valence-corrected chi connectivity index (χ3v) is 3.15. The highest BCUT2D eigenvalue weighted by Gasteiger charge is 2.16. The summed E-state index contributed by atoms with van der Waals surface area (Å²) >= 11 is 0. The molecule has 0 aliphatic heterocycles. The van der Waals surface area contributed by atoms with Crippen molar-refractivity contribution in [2.24, 2.45) is 11.7 Å². The number of hydrogen-bond donors (Lipinski definition) is 2. The Hall–Kier alpha value is -1.59. The molecule has 2 unspecified atom stereocenters. The van der Waals surface area contributed by atoms with E-state index in [2.05, 4.69) is 5.32 Å². The van der Waals surface area contributed by atoms with Gasteiger partial charge in [-0.05, 0) is 24.6 Å². The molecule has 0 spiro atoms. The highest BCUT2D eigenvalue weighted by atomic mass is 16.5. The highest BCUT2D eigenvalue weighted by molar-refractivity contribution is 5.78. The fraction of sp³-hybridized carbons (Fsp3) is 0.533. The first-order valence-electron chi connectivity index (χ1n) is 6.78. The number of hydrogen-bond acceptors (Lipinski definition) is 4. The molecule has 0 aromatic heterocycles. The van der Waals surface area contributed by atoms with Crippen LogP contribution in [0.15, 0.2) is 24.3 Å². The summed E-state index contributed by atoms with van der Waals surface area (Å²) in [7, 11) is 1.64. The maximum Gasteiger partial charge on any atom is 0.224 e. The topological polar surface area (TPSA) is 73.6 Å². The quantitative estimate of drug-likeness (QED) is 0.704. The molecule has 0 fully saturated rings. The summed E-state index contributed by atoms with van der Waals surface area (Å²) in [6.45, 7) is 5.24. The molecule has 0 saturated carbocycles. The monoisotopic (exact) mass is 280 g/mol. The van der Waals surface area contributed by atoms with Crippen molar-refractivity contribution in [1.29, 1.82) is 0 Å². The Morgan fingerprint density at radius 3 is 2.45 bits per heavy atom. The predicted octanol–water partition coefficient (Wildman–Crippen LogP) is 1.31. The number of nitrogens with one attached hydrogen (secondary N) is 1. The van der Waals surface area contributed by atoms with E-state index in [4.69, 9.17) is 15.2 Å². The molecule has 0 bridgehead atoms. The fourth-order valence-corrected chi connectivity index (χ4v) is 1.54. The number of benzene rings is 1. The SMILES string of the molecule is COCCOc1ccc(CNC(=O)C(C)C(C)N)cc1. The Labute approximate surface area is 120 Å². The van der Waals surface area contributed by atoms with E-state index in [-0.39, 0.29) is 17.9 Å². The molecule has 112 valence electrons. The van der Waals surface area contributed by atoms with Crippen LogP contribution in [0.3, 0.4) is 0 Å². The average molecular weight is 280 g/mol. The second-order valence-electron chi connectivity index (χ2n) is 4.85. The summed E-state index contributed by atoms with van der Waals surface area (Å²) in [5.41, 5.74) is 6.72. The van der Waals surface area contributed by atoms with Crippen molar-refractivity contribution in [3.8, 4) is 5.75 Å². The van der Waals surface area contributed by atoms with Crippen molar-refractivity contribution in [2.75, 3.05) is 20.3 Å². The standard InChI is InChI=1S/C15H24N2O3/c1-11(12(2)16)15(18)17-10-13-4-6-14(7-5-13)20-9-8-19-3/h4-7,11-12H,8-10,16H2,1-3H3,(H,17,18). The third-order valence-electron chi connectivity index (χ3n) is 3.15. The van der Waals surface area contributed by atoms with Crippen molar-refractivity contribution >= 4 is 5.91 Å². The Bertz CT molecular complexity index is 404. The third kappa shape index (κ3) is 5.59. The summed E-state index contributed by atoms with van der Waals surface area (Å²) in [6, 6.07) is 7.47. The number of methoxy groups -OCH3 is 1. The van der Waals surface area contributed by atoms with Crippen LogP contribution < -0.4 is 15.8 Å². The molecule has 0 heterocycles. The number of carbonyl (C=O) groups is 1. The van der Waals surface area contributed by atoms with Crippen molar-refractivity contribution in [1.82, 2.24) is 5.32 Å². The van der Waals surface area contributed by atoms with Crippen molar-refractivity contribution in [3.05, 3.63) is 29.8 Å². The Morgan fingerprint density at radius 2 is 1.90 bits per heavy atom. The van der Waals surface area contributed by atoms with Gasteiger partial charge in [0.05, 0.1) is 6.61 Å². The van der Waals surface area contributed by atoms with E-state index in [9.17, 15) is 4.79 Å². The van der Waals surface area contributed by atoms with Gasteiger partial charge in [0.25, 0.3) is 0 Å². The van der Waals surface area contributed by atoms with Crippen LogP contribution in [0.25, 0.3) is 0 Å². The van der Waals surface area contributed by atoms with Crippen LogP contribution in [0, 0.1) is 5.92 Å². The molecule has 0 aliphatic carbocycles. The zero-order valence-corrected chi connectivity index (χ0v) is 12.4. The number of carbonyl (C=O) groups excluding carboxylic acids is 1. The van der Waals surface area contributed by atoms with Gasteiger partial charge >= 0.3 is 0 Å². The molecule has 5 heteroatoms. The molecule has 1 aromatic carbocycles. The lowest BCUT2D eigenvalue weighted by molar-refractivity contribution is -0.125. The van der Waals surface area contributed by atoms with Crippen LogP contribution in [0.2, 0.25) is 0 Å². The lowest BCUT2D eigenvalue weighted by Gasteiger charge is -2.15. The van der Waals surface area contributed by atoms with Crippen LogP contribution in [0.1, 0.15) is 19.4 Å². The summed E-state index contributed by atoms with van der Waals surface area (Å²) in [5.74, 6) is 0.577. The van der Waals surface area contributed by atoms with E-state index in [0.29, 0.717) is 19.8 Å². The minimum absolute atomic E-state index is 0.0274. The van der Waals surface area contributed by atoms with Gasteiger partial charge in [-0.3, -0.25) is 4.79 Å². The molecule has 2 atom stereocenters. The Morgan fingerprint density at radius 1 is 1.25 bits per heavy atom. The van der Waals surface area contributed by atoms with Gasteiger partial charge in [0.1, 0.15) is 12.4 Å². The molecule has 0 aliphatic rings. The van der Waals surface area contributed by atoms with Crippen molar-refractivity contribution < 1.29 is 14.3 Å². The molecule has 5 nitrogen and oxygen atoms in total. The minimum atomic E-state index is -0.188. The predicted molar refractivity (Wildman–Crippen MR) is 78.5 cm³/mol. The Balaban J connectivity index is 2.40. The van der Waals surface area contributed by atoms with E-state index in [0.717, 1.165) is 11.3 Å². The molecule has 3 N–H and O–H groups in total. The Kier molecular flexibility index (Phi) is 7.04. The molecule has 1 aromatic rings. The highest BCUT2D eigenvalue weighted by Crippen LogP contribution is 2.12. The van der Waals surface area contributed by atoms with E-state index < -0.39 is 0 Å².